The van der Waals surface area contributed by atoms with Crippen molar-refractivity contribution in [3.05, 3.63) is 48.2 Å². The third-order valence-corrected chi connectivity index (χ3v) is 7.07. The zero-order valence-corrected chi connectivity index (χ0v) is 20.0. The van der Waals surface area contributed by atoms with Gasteiger partial charge in [0.15, 0.2) is 0 Å². The van der Waals surface area contributed by atoms with Crippen molar-refractivity contribution >= 4 is 0 Å². The van der Waals surface area contributed by atoms with Crippen molar-refractivity contribution in [2.75, 3.05) is 6.61 Å². The number of aromatic nitrogens is 1. The molecule has 0 aliphatic heterocycles. The first kappa shape index (κ1) is 23.8. The lowest BCUT2D eigenvalue weighted by Gasteiger charge is -2.28. The number of unbranched alkanes of at least 4 members (excludes halogenated alkanes) is 5. The highest BCUT2D eigenvalue weighted by Gasteiger charge is 2.20. The molecule has 1 aromatic heterocycles. The molecule has 0 unspecified atom stereocenters. The monoisotopic (exact) mass is 421 g/mol. The van der Waals surface area contributed by atoms with Crippen molar-refractivity contribution in [1.29, 1.82) is 0 Å². The zero-order chi connectivity index (χ0) is 21.7. The Hall–Kier alpha value is -1.83. The number of rotatable bonds is 13. The van der Waals surface area contributed by atoms with Crippen LogP contribution in [-0.4, -0.2) is 11.6 Å². The van der Waals surface area contributed by atoms with Crippen molar-refractivity contribution in [2.24, 2.45) is 11.8 Å². The van der Waals surface area contributed by atoms with Crippen LogP contribution in [0, 0.1) is 11.8 Å². The fraction of sp³-hybridized carbons (Fsp3) is 0.621. The summed E-state index contributed by atoms with van der Waals surface area (Å²) in [6.07, 6.45) is 20.3. The van der Waals surface area contributed by atoms with E-state index in [1.54, 1.807) is 0 Å². The van der Waals surface area contributed by atoms with E-state index in [2.05, 4.69) is 36.2 Å². The van der Waals surface area contributed by atoms with E-state index >= 15 is 0 Å². The topological polar surface area (TPSA) is 22.1 Å². The van der Waals surface area contributed by atoms with E-state index in [0.717, 1.165) is 23.3 Å². The maximum absolute atomic E-state index is 5.49. The minimum Gasteiger partial charge on any atom is -0.492 e. The van der Waals surface area contributed by atoms with Crippen molar-refractivity contribution in [2.45, 2.75) is 97.3 Å². The van der Waals surface area contributed by atoms with Crippen molar-refractivity contribution in [3.8, 4) is 17.0 Å². The van der Waals surface area contributed by atoms with Gasteiger partial charge in [-0.05, 0) is 49.3 Å². The third kappa shape index (κ3) is 8.31. The summed E-state index contributed by atoms with van der Waals surface area (Å²) >= 11 is 0. The average molecular weight is 422 g/mol. The van der Waals surface area contributed by atoms with Crippen LogP contribution < -0.4 is 4.74 Å². The van der Waals surface area contributed by atoms with Crippen molar-refractivity contribution < 1.29 is 4.74 Å². The van der Waals surface area contributed by atoms with Crippen molar-refractivity contribution in [3.63, 3.8) is 0 Å². The van der Waals surface area contributed by atoms with Gasteiger partial charge in [-0.25, -0.2) is 0 Å². The molecule has 31 heavy (non-hydrogen) atoms. The van der Waals surface area contributed by atoms with E-state index in [-0.39, 0.29) is 0 Å². The zero-order valence-electron chi connectivity index (χ0n) is 20.0. The molecule has 0 spiro atoms. The lowest BCUT2D eigenvalue weighted by molar-refractivity contribution is 0.248. The first-order chi connectivity index (χ1) is 15.3. The maximum atomic E-state index is 5.49. The fourth-order valence-corrected chi connectivity index (χ4v) is 5.04. The van der Waals surface area contributed by atoms with Crippen LogP contribution in [0.2, 0.25) is 0 Å². The molecule has 1 heterocycles. The number of hydrogen-bond acceptors (Lipinski definition) is 2. The number of pyridine rings is 1. The Morgan fingerprint density at radius 2 is 1.45 bits per heavy atom. The van der Waals surface area contributed by atoms with Crippen LogP contribution in [0.4, 0.5) is 0 Å². The second-order valence-corrected chi connectivity index (χ2v) is 9.49. The van der Waals surface area contributed by atoms with Gasteiger partial charge in [0.1, 0.15) is 5.75 Å². The Labute approximate surface area is 190 Å². The van der Waals surface area contributed by atoms with E-state index in [1.165, 1.54) is 94.6 Å². The molecule has 3 rings (SSSR count). The predicted molar refractivity (Wildman–Crippen MR) is 133 cm³/mol. The number of hydrogen-bond donors (Lipinski definition) is 0. The Morgan fingerprint density at radius 3 is 2.10 bits per heavy atom. The van der Waals surface area contributed by atoms with Gasteiger partial charge in [0.2, 0.25) is 0 Å². The van der Waals surface area contributed by atoms with E-state index < -0.39 is 0 Å². The first-order valence-electron chi connectivity index (χ1n) is 13.0. The minimum atomic E-state index is 0.677. The van der Waals surface area contributed by atoms with Gasteiger partial charge in [0.05, 0.1) is 18.5 Å². The highest BCUT2D eigenvalue weighted by Crippen LogP contribution is 2.34. The summed E-state index contributed by atoms with van der Waals surface area (Å²) in [6.45, 7) is 4.97. The summed E-state index contributed by atoms with van der Waals surface area (Å²) in [6, 6.07) is 13.1. The minimum absolute atomic E-state index is 0.677. The number of nitrogens with zero attached hydrogens (tertiary/aromatic N) is 1. The van der Waals surface area contributed by atoms with Crippen LogP contribution >= 0.6 is 0 Å². The van der Waals surface area contributed by atoms with Gasteiger partial charge in [-0.3, -0.25) is 4.98 Å². The van der Waals surface area contributed by atoms with Crippen LogP contribution in [0.1, 0.15) is 96.5 Å². The molecule has 0 bridgehead atoms. The number of ether oxygens (including phenoxy) is 1. The highest BCUT2D eigenvalue weighted by atomic mass is 16.5. The molecule has 0 N–H and O–H groups in total. The molecule has 1 aliphatic rings. The standard InChI is InChI=1S/C29H43NO/c1-3-5-6-7-8-9-10-24-11-13-25(14-12-24)15-16-26-17-19-27(20-18-26)29-22-21-28(23-30-29)31-4-2/h17-25H,3-16H2,1-2H3/t24-,25-. The summed E-state index contributed by atoms with van der Waals surface area (Å²) in [5.74, 6) is 2.79. The van der Waals surface area contributed by atoms with E-state index in [4.69, 9.17) is 4.74 Å². The van der Waals surface area contributed by atoms with Crippen LogP contribution in [0.3, 0.4) is 0 Å². The molecule has 0 atom stereocenters. The lowest BCUT2D eigenvalue weighted by Crippen LogP contribution is -2.15. The molecule has 1 aromatic carbocycles. The molecule has 1 aliphatic carbocycles. The summed E-state index contributed by atoms with van der Waals surface area (Å²) in [5.41, 5.74) is 3.66. The van der Waals surface area contributed by atoms with Gasteiger partial charge in [0.25, 0.3) is 0 Å². The summed E-state index contributed by atoms with van der Waals surface area (Å²) in [7, 11) is 0. The normalized spacial score (nSPS) is 18.8. The second kappa shape index (κ2) is 13.6. The predicted octanol–water partition coefficient (Wildman–Crippen LogP) is 8.64. The SMILES string of the molecule is CCCCCCCC[C@H]1CC[C@H](CCc2ccc(-c3ccc(OCC)cn3)cc2)CC1. The van der Waals surface area contributed by atoms with Gasteiger partial charge in [-0.2, -0.15) is 0 Å². The molecule has 0 saturated heterocycles. The van der Waals surface area contributed by atoms with Crippen LogP contribution in [0.25, 0.3) is 11.3 Å². The maximum Gasteiger partial charge on any atom is 0.137 e. The quantitative estimate of drug-likeness (QED) is 0.302. The molecule has 2 nitrogen and oxygen atoms in total. The molecular weight excluding hydrogens is 378 g/mol. The molecular formula is C29H43NO. The molecule has 0 amide bonds. The summed E-state index contributed by atoms with van der Waals surface area (Å²) in [5, 5.41) is 0. The van der Waals surface area contributed by atoms with Crippen LogP contribution in [0.15, 0.2) is 42.6 Å². The van der Waals surface area contributed by atoms with Gasteiger partial charge in [-0.15, -0.1) is 0 Å². The third-order valence-electron chi connectivity index (χ3n) is 7.07. The molecule has 2 aromatic rings. The molecule has 2 heteroatoms. The second-order valence-electron chi connectivity index (χ2n) is 9.49. The van der Waals surface area contributed by atoms with E-state index in [9.17, 15) is 0 Å². The largest absolute Gasteiger partial charge is 0.492 e. The van der Waals surface area contributed by atoms with E-state index in [0.29, 0.717) is 6.61 Å². The number of benzene rings is 1. The Kier molecular flexibility index (Phi) is 10.4. The van der Waals surface area contributed by atoms with Gasteiger partial charge in [-0.1, -0.05) is 102 Å². The average Bonchev–Trinajstić information content (AvgIpc) is 2.82. The molecule has 170 valence electrons. The number of aryl methyl sites for hydroxylation is 1. The van der Waals surface area contributed by atoms with Gasteiger partial charge < -0.3 is 4.74 Å². The fourth-order valence-electron chi connectivity index (χ4n) is 5.04. The lowest BCUT2D eigenvalue weighted by atomic mass is 9.77. The highest BCUT2D eigenvalue weighted by molar-refractivity contribution is 5.59. The van der Waals surface area contributed by atoms with Gasteiger partial charge in [0, 0.05) is 5.56 Å². The summed E-state index contributed by atoms with van der Waals surface area (Å²) < 4.78 is 5.49. The Bertz CT molecular complexity index is 713. The van der Waals surface area contributed by atoms with Crippen molar-refractivity contribution in [1.82, 2.24) is 4.98 Å². The molecule has 0 radical (unpaired) electrons. The first-order valence-corrected chi connectivity index (χ1v) is 13.0. The summed E-state index contributed by atoms with van der Waals surface area (Å²) in [4.78, 5) is 4.54. The Balaban J connectivity index is 1.33. The van der Waals surface area contributed by atoms with Crippen LogP contribution in [-0.2, 0) is 6.42 Å². The van der Waals surface area contributed by atoms with E-state index in [1.807, 2.05) is 25.3 Å². The van der Waals surface area contributed by atoms with Crippen LogP contribution in [0.5, 0.6) is 5.75 Å². The Morgan fingerprint density at radius 1 is 0.774 bits per heavy atom. The molecule has 1 fully saturated rings. The molecule has 1 saturated carbocycles. The van der Waals surface area contributed by atoms with Gasteiger partial charge >= 0.3 is 0 Å². The smallest absolute Gasteiger partial charge is 0.137 e.